The molecule has 1 aromatic rings. The van der Waals surface area contributed by atoms with Crippen molar-refractivity contribution in [2.75, 3.05) is 6.54 Å². The number of Topliss-reactive ketones (excluding diaryl/α,β-unsaturated/α-hetero) is 1. The fourth-order valence-electron chi connectivity index (χ4n) is 1.43. The molecule has 0 fully saturated rings. The van der Waals surface area contributed by atoms with E-state index < -0.39 is 11.7 Å². The molecule has 0 unspecified atom stereocenters. The highest BCUT2D eigenvalue weighted by Gasteiger charge is 2.22. The topological polar surface area (TPSA) is 46.2 Å². The van der Waals surface area contributed by atoms with Gasteiger partial charge in [-0.3, -0.25) is 9.59 Å². The number of hydrogen-bond acceptors (Lipinski definition) is 2. The number of halogens is 1. The summed E-state index contributed by atoms with van der Waals surface area (Å²) in [7, 11) is 0. The van der Waals surface area contributed by atoms with Gasteiger partial charge in [0.1, 0.15) is 0 Å². The minimum absolute atomic E-state index is 0.240. The molecular formula is C13H16ClNO2. The summed E-state index contributed by atoms with van der Waals surface area (Å²) in [5, 5.41) is 3.29. The molecule has 0 saturated carbocycles. The minimum atomic E-state index is -0.549. The fourth-order valence-corrected chi connectivity index (χ4v) is 1.55. The standard InChI is InChI=1S/C13H16ClNO2/c1-9(16)12(17)15-8-13(2,3)10-4-6-11(14)7-5-10/h4-7H,8H2,1-3H3,(H,15,17). The highest BCUT2D eigenvalue weighted by molar-refractivity contribution is 6.35. The van der Waals surface area contributed by atoms with Crippen LogP contribution in [0.25, 0.3) is 0 Å². The van der Waals surface area contributed by atoms with Crippen molar-refractivity contribution in [3.8, 4) is 0 Å². The van der Waals surface area contributed by atoms with Crippen LogP contribution in [0.3, 0.4) is 0 Å². The largest absolute Gasteiger partial charge is 0.349 e. The quantitative estimate of drug-likeness (QED) is 0.837. The van der Waals surface area contributed by atoms with Crippen molar-refractivity contribution in [2.24, 2.45) is 0 Å². The van der Waals surface area contributed by atoms with Gasteiger partial charge in [0.2, 0.25) is 5.78 Å². The molecule has 0 radical (unpaired) electrons. The molecule has 1 amide bonds. The molecular weight excluding hydrogens is 238 g/mol. The maximum atomic E-state index is 11.2. The van der Waals surface area contributed by atoms with E-state index in [0.29, 0.717) is 11.6 Å². The van der Waals surface area contributed by atoms with Crippen LogP contribution in [0.5, 0.6) is 0 Å². The predicted octanol–water partition coefficient (Wildman–Crippen LogP) is 2.32. The van der Waals surface area contributed by atoms with Crippen molar-refractivity contribution < 1.29 is 9.59 Å². The molecule has 0 aliphatic carbocycles. The summed E-state index contributed by atoms with van der Waals surface area (Å²) in [6.07, 6.45) is 0. The average Bonchev–Trinajstić information content (AvgIpc) is 2.26. The lowest BCUT2D eigenvalue weighted by Gasteiger charge is -2.25. The van der Waals surface area contributed by atoms with Crippen LogP contribution in [0.15, 0.2) is 24.3 Å². The van der Waals surface area contributed by atoms with Gasteiger partial charge in [-0.05, 0) is 17.7 Å². The van der Waals surface area contributed by atoms with E-state index in [4.69, 9.17) is 11.6 Å². The second-order valence-electron chi connectivity index (χ2n) is 4.63. The van der Waals surface area contributed by atoms with Crippen LogP contribution in [0.1, 0.15) is 26.3 Å². The zero-order valence-corrected chi connectivity index (χ0v) is 11.0. The lowest BCUT2D eigenvalue weighted by atomic mass is 9.84. The van der Waals surface area contributed by atoms with Crippen molar-refractivity contribution >= 4 is 23.3 Å². The Bertz CT molecular complexity index is 424. The van der Waals surface area contributed by atoms with Crippen molar-refractivity contribution in [1.29, 1.82) is 0 Å². The highest BCUT2D eigenvalue weighted by Crippen LogP contribution is 2.23. The van der Waals surface area contributed by atoms with E-state index >= 15 is 0 Å². The minimum Gasteiger partial charge on any atom is -0.349 e. The van der Waals surface area contributed by atoms with E-state index in [1.165, 1.54) is 6.92 Å². The Morgan fingerprint density at radius 2 is 1.76 bits per heavy atom. The zero-order chi connectivity index (χ0) is 13.1. The molecule has 0 heterocycles. The van der Waals surface area contributed by atoms with Crippen LogP contribution >= 0.6 is 11.6 Å². The molecule has 4 heteroatoms. The lowest BCUT2D eigenvalue weighted by molar-refractivity contribution is -0.136. The first-order chi connectivity index (χ1) is 7.83. The Balaban J connectivity index is 2.71. The van der Waals surface area contributed by atoms with Crippen LogP contribution in [0, 0.1) is 0 Å². The SMILES string of the molecule is CC(=O)C(=O)NCC(C)(C)c1ccc(Cl)cc1. The van der Waals surface area contributed by atoms with Crippen molar-refractivity contribution in [3.63, 3.8) is 0 Å². The number of rotatable bonds is 4. The van der Waals surface area contributed by atoms with E-state index in [9.17, 15) is 9.59 Å². The van der Waals surface area contributed by atoms with Gasteiger partial charge >= 0.3 is 0 Å². The maximum Gasteiger partial charge on any atom is 0.287 e. The van der Waals surface area contributed by atoms with Crippen molar-refractivity contribution in [3.05, 3.63) is 34.9 Å². The van der Waals surface area contributed by atoms with Crippen LogP contribution in [0.4, 0.5) is 0 Å². The molecule has 0 aromatic heterocycles. The summed E-state index contributed by atoms with van der Waals surface area (Å²) in [4.78, 5) is 22.0. The summed E-state index contributed by atoms with van der Waals surface area (Å²) in [5.41, 5.74) is 0.821. The zero-order valence-electron chi connectivity index (χ0n) is 10.2. The second-order valence-corrected chi connectivity index (χ2v) is 5.07. The molecule has 0 atom stereocenters. The monoisotopic (exact) mass is 253 g/mol. The molecule has 0 aliphatic rings. The van der Waals surface area contributed by atoms with Gasteiger partial charge in [-0.1, -0.05) is 37.6 Å². The molecule has 1 N–H and O–H groups in total. The van der Waals surface area contributed by atoms with Crippen molar-refractivity contribution in [1.82, 2.24) is 5.32 Å². The Hall–Kier alpha value is -1.35. The molecule has 1 aromatic carbocycles. The average molecular weight is 254 g/mol. The number of nitrogens with one attached hydrogen (secondary N) is 1. The normalized spacial score (nSPS) is 11.1. The van der Waals surface area contributed by atoms with Crippen LogP contribution in [-0.2, 0) is 15.0 Å². The van der Waals surface area contributed by atoms with Gasteiger partial charge in [-0.2, -0.15) is 0 Å². The highest BCUT2D eigenvalue weighted by atomic mass is 35.5. The Morgan fingerprint density at radius 3 is 2.24 bits per heavy atom. The van der Waals surface area contributed by atoms with Crippen LogP contribution in [-0.4, -0.2) is 18.2 Å². The first-order valence-corrected chi connectivity index (χ1v) is 5.75. The van der Waals surface area contributed by atoms with Gasteiger partial charge in [-0.15, -0.1) is 0 Å². The van der Waals surface area contributed by atoms with E-state index in [1.54, 1.807) is 0 Å². The van der Waals surface area contributed by atoms with Crippen LogP contribution in [0.2, 0.25) is 5.02 Å². The number of carbonyl (C=O) groups excluding carboxylic acids is 2. The maximum absolute atomic E-state index is 11.2. The van der Waals surface area contributed by atoms with Gasteiger partial charge in [0.15, 0.2) is 0 Å². The first-order valence-electron chi connectivity index (χ1n) is 5.38. The molecule has 1 rings (SSSR count). The fraction of sp³-hybridized carbons (Fsp3) is 0.385. The van der Waals surface area contributed by atoms with Crippen LogP contribution < -0.4 is 5.32 Å². The first kappa shape index (κ1) is 13.7. The molecule has 0 saturated heterocycles. The summed E-state index contributed by atoms with van der Waals surface area (Å²) in [5.74, 6) is -1.02. The van der Waals surface area contributed by atoms with Gasteiger partial charge in [-0.25, -0.2) is 0 Å². The van der Waals surface area contributed by atoms with Gasteiger partial charge in [0.05, 0.1) is 0 Å². The Kier molecular flexibility index (Phi) is 4.29. The molecule has 0 spiro atoms. The smallest absolute Gasteiger partial charge is 0.287 e. The third-order valence-electron chi connectivity index (χ3n) is 2.64. The Labute approximate surface area is 106 Å². The molecule has 92 valence electrons. The lowest BCUT2D eigenvalue weighted by Crippen LogP contribution is -2.39. The number of carbonyl (C=O) groups is 2. The third-order valence-corrected chi connectivity index (χ3v) is 2.89. The predicted molar refractivity (Wildman–Crippen MR) is 68.2 cm³/mol. The van der Waals surface area contributed by atoms with Crippen molar-refractivity contribution in [2.45, 2.75) is 26.2 Å². The van der Waals surface area contributed by atoms with E-state index in [2.05, 4.69) is 5.32 Å². The third kappa shape index (κ3) is 3.86. The van der Waals surface area contributed by atoms with E-state index in [-0.39, 0.29) is 5.41 Å². The summed E-state index contributed by atoms with van der Waals surface area (Å²) >= 11 is 5.82. The summed E-state index contributed by atoms with van der Waals surface area (Å²) < 4.78 is 0. The molecule has 17 heavy (non-hydrogen) atoms. The number of benzene rings is 1. The van der Waals surface area contributed by atoms with Gasteiger partial charge in [0, 0.05) is 23.9 Å². The summed E-state index contributed by atoms with van der Waals surface area (Å²) in [6.45, 7) is 5.66. The summed E-state index contributed by atoms with van der Waals surface area (Å²) in [6, 6.07) is 7.46. The van der Waals surface area contributed by atoms with Gasteiger partial charge < -0.3 is 5.32 Å². The molecule has 3 nitrogen and oxygen atoms in total. The molecule has 0 bridgehead atoms. The van der Waals surface area contributed by atoms with E-state index in [1.807, 2.05) is 38.1 Å². The van der Waals surface area contributed by atoms with E-state index in [0.717, 1.165) is 5.56 Å². The number of hydrogen-bond donors (Lipinski definition) is 1. The number of ketones is 1. The second kappa shape index (κ2) is 5.32. The molecule has 0 aliphatic heterocycles. The number of amides is 1. The van der Waals surface area contributed by atoms with Gasteiger partial charge in [0.25, 0.3) is 5.91 Å². The Morgan fingerprint density at radius 1 is 1.24 bits per heavy atom.